The zero-order valence-electron chi connectivity index (χ0n) is 43.3. The number of hydrogen-bond acceptors (Lipinski definition) is 34. The van der Waals surface area contributed by atoms with Crippen molar-refractivity contribution in [3.05, 3.63) is 0 Å². The minimum absolute atomic E-state index is 0.194. The Balaban J connectivity index is 1.09. The molecular weight excluding hydrogens is 1220 g/mol. The molecule has 0 amide bonds. The van der Waals surface area contributed by atoms with Gasteiger partial charge in [0, 0.05) is 0 Å². The van der Waals surface area contributed by atoms with Gasteiger partial charge in [0.15, 0.2) is 18.9 Å². The second-order valence-corrected chi connectivity index (χ2v) is 24.2. The third-order valence-corrected chi connectivity index (χ3v) is 18.8. The van der Waals surface area contributed by atoms with E-state index < -0.39 is 276 Å². The SMILES string of the molecule is CCCC[Te]CC1O[C@@H]2O[C@@H]3C(CO)O[C@H](O[C@@H]4C(CO)O[C@H](O[C@@H]5C(CO)O[C@@H](O[C@@H]6C(CO)O[C@H](O[C@@H]7C(CO)O[C@H](O[C@@H]8C(CO)O[C@H](O[C@H]1C(O)C2O)C(O)C8O)C(O)C7O)C(O)C6O)C(O)C5O)C(O)C4O)C(O)C3O. The van der Waals surface area contributed by atoms with Crippen LogP contribution in [0.5, 0.6) is 0 Å². The van der Waals surface area contributed by atoms with Gasteiger partial charge in [-0.15, -0.1) is 0 Å². The first-order valence-electron chi connectivity index (χ1n) is 26.6. The number of aliphatic hydroxyl groups excluding tert-OH is 20. The van der Waals surface area contributed by atoms with Crippen LogP contribution in [0.25, 0.3) is 0 Å². The Bertz CT molecular complexity index is 1890. The van der Waals surface area contributed by atoms with E-state index >= 15 is 0 Å². The summed E-state index contributed by atoms with van der Waals surface area (Å²) in [6.07, 6.45) is -66.2. The number of unbranched alkanes of at least 4 members (excludes halogenated alkanes) is 1. The van der Waals surface area contributed by atoms with Crippen LogP contribution in [0.3, 0.4) is 0 Å². The van der Waals surface area contributed by atoms with Crippen molar-refractivity contribution in [3.63, 3.8) is 0 Å². The van der Waals surface area contributed by atoms with Crippen LogP contribution in [0.15, 0.2) is 0 Å². The van der Waals surface area contributed by atoms with Gasteiger partial charge in [0.25, 0.3) is 0 Å². The van der Waals surface area contributed by atoms with Gasteiger partial charge >= 0.3 is 282 Å². The van der Waals surface area contributed by atoms with Gasteiger partial charge in [-0.3, -0.25) is 0 Å². The quantitative estimate of drug-likeness (QED) is 0.0675. The summed E-state index contributed by atoms with van der Waals surface area (Å²) in [4.78, 5) is 0. The summed E-state index contributed by atoms with van der Waals surface area (Å²) >= 11 is -0.976. The van der Waals surface area contributed by atoms with Crippen molar-refractivity contribution in [3.8, 4) is 0 Å². The molecule has 0 aromatic rings. The maximum absolute atomic E-state index is 11.7. The maximum atomic E-state index is 11.7. The number of hydrogen-bond donors (Lipinski definition) is 20. The molecule has 35 atom stereocenters. The van der Waals surface area contributed by atoms with Crippen LogP contribution in [0, 0.1) is 0 Å². The molecule has 0 saturated carbocycles. The summed E-state index contributed by atoms with van der Waals surface area (Å²) in [7, 11) is 0. The van der Waals surface area contributed by atoms with Crippen LogP contribution >= 0.6 is 0 Å². The fraction of sp³-hybridized carbons (Fsp3) is 1.00. The Morgan fingerprint density at radius 3 is 0.593 bits per heavy atom. The van der Waals surface area contributed by atoms with Gasteiger partial charge in [0.05, 0.1) is 26.4 Å². The standard InChI is InChI=1S/C46H78O34Te/c1-2-3-4-81-11-18-39-25(59)32(66)46(73-18)79-38-17(10-52)71-44(30(64)23(38)57)77-36-15(8-50)69-42(28(62)21(36)55)75-34-13(6-48)67-40(26(60)19(34)53)74-33-12(5-47)68-41(27(61)20(33)54)76-35-14(7-49)70-43(29(63)22(35)56)78-37-16(9-51)72-45(80-39)31(65)24(37)58/h12-66H,2-11H2,1H3/t12?,13?,14?,15?,16?,17?,18?,19?,20?,21?,22?,23?,24?,25?,26?,27?,28?,29?,30?,31?,32?,33-,34-,35-,36-,37-,38-,39-,40+,41-,42-,43-,44-,45-,46-/m1/s1. The van der Waals surface area contributed by atoms with Crippen molar-refractivity contribution in [1.82, 2.24) is 0 Å². The number of rotatable bonds is 11. The second-order valence-electron chi connectivity index (χ2n) is 20.9. The van der Waals surface area contributed by atoms with Gasteiger partial charge < -0.3 is 84.6 Å². The average Bonchev–Trinajstić information content (AvgIpc) is 3.65. The fourth-order valence-corrected chi connectivity index (χ4v) is 14.2. The minimum atomic E-state index is -2.20. The third kappa shape index (κ3) is 13.8. The first-order valence-corrected chi connectivity index (χ1v) is 29.9. The van der Waals surface area contributed by atoms with Crippen molar-refractivity contribution < 1.29 is 168 Å². The number of ether oxygens (including phenoxy) is 14. The molecule has 20 N–H and O–H groups in total. The topological polar surface area (TPSA) is 534 Å². The first kappa shape index (κ1) is 66.4. The number of aliphatic hydroxyl groups is 20. The van der Waals surface area contributed by atoms with Gasteiger partial charge in [-0.25, -0.2) is 0 Å². The van der Waals surface area contributed by atoms with Crippen LogP contribution in [0.1, 0.15) is 19.8 Å². The molecule has 14 bridgehead atoms. The molecule has 472 valence electrons. The summed E-state index contributed by atoms with van der Waals surface area (Å²) in [5.41, 5.74) is 0. The van der Waals surface area contributed by atoms with Gasteiger partial charge in [0.2, 0.25) is 0 Å². The monoisotopic (exact) mass is 1300 g/mol. The van der Waals surface area contributed by atoms with E-state index in [-0.39, 0.29) is 4.47 Å². The Labute approximate surface area is 471 Å². The summed E-state index contributed by atoms with van der Waals surface area (Å²) in [5.74, 6) is 0. The molecule has 21 aliphatic rings. The van der Waals surface area contributed by atoms with Crippen molar-refractivity contribution >= 4 is 20.9 Å². The van der Waals surface area contributed by atoms with E-state index in [1.165, 1.54) is 0 Å². The molecule has 81 heavy (non-hydrogen) atoms. The third-order valence-electron chi connectivity index (χ3n) is 15.5. The van der Waals surface area contributed by atoms with Gasteiger partial charge in [0.1, 0.15) is 61.0 Å². The van der Waals surface area contributed by atoms with E-state index in [0.717, 1.165) is 17.3 Å². The molecule has 21 heterocycles. The molecule has 0 aromatic heterocycles. The van der Waals surface area contributed by atoms with Crippen LogP contribution in [-0.2, 0) is 66.3 Å². The molecule has 21 rings (SSSR count). The van der Waals surface area contributed by atoms with E-state index in [2.05, 4.69) is 0 Å². The molecule has 21 aliphatic heterocycles. The predicted molar refractivity (Wildman–Crippen MR) is 252 cm³/mol. The molecule has 34 nitrogen and oxygen atoms in total. The molecular formula is C46H78O34Te. The molecule has 21 fully saturated rings. The summed E-state index contributed by atoms with van der Waals surface area (Å²) in [5, 5.41) is 223. The molecule has 0 aliphatic carbocycles. The normalized spacial score (nSPS) is 53.2. The summed E-state index contributed by atoms with van der Waals surface area (Å²) in [6, 6.07) is 0. The zero-order chi connectivity index (χ0) is 58.9. The van der Waals surface area contributed by atoms with Gasteiger partial charge in [-0.1, -0.05) is 0 Å². The van der Waals surface area contributed by atoms with Crippen molar-refractivity contribution in [1.29, 1.82) is 0 Å². The molecule has 21 saturated heterocycles. The summed E-state index contributed by atoms with van der Waals surface area (Å²) < 4.78 is 82.3. The molecule has 0 aromatic carbocycles. The van der Waals surface area contributed by atoms with Crippen LogP contribution in [-0.4, -0.2) is 378 Å². The van der Waals surface area contributed by atoms with E-state index in [9.17, 15) is 102 Å². The van der Waals surface area contributed by atoms with Gasteiger partial charge in [-0.2, -0.15) is 0 Å². The van der Waals surface area contributed by atoms with Crippen LogP contribution in [0.4, 0.5) is 0 Å². The van der Waals surface area contributed by atoms with E-state index in [1.54, 1.807) is 0 Å². The first-order chi connectivity index (χ1) is 38.7. The Morgan fingerprint density at radius 1 is 0.247 bits per heavy atom. The van der Waals surface area contributed by atoms with Crippen molar-refractivity contribution in [2.24, 2.45) is 0 Å². The van der Waals surface area contributed by atoms with Gasteiger partial charge in [-0.05, 0) is 0 Å². The zero-order valence-corrected chi connectivity index (χ0v) is 45.7. The van der Waals surface area contributed by atoms with Crippen LogP contribution in [0.2, 0.25) is 8.94 Å². The van der Waals surface area contributed by atoms with E-state index in [4.69, 9.17) is 66.3 Å². The fourth-order valence-electron chi connectivity index (χ4n) is 10.8. The predicted octanol–water partition coefficient (Wildman–Crippen LogP) is -12.9. The van der Waals surface area contributed by atoms with Crippen LogP contribution < -0.4 is 0 Å². The Hall–Kier alpha value is -0.570. The molecule has 0 radical (unpaired) electrons. The van der Waals surface area contributed by atoms with E-state index in [1.807, 2.05) is 6.92 Å². The molecule has 0 spiro atoms. The summed E-state index contributed by atoms with van der Waals surface area (Å²) in [6.45, 7) is -4.12. The molecule has 21 unspecified atom stereocenters. The Morgan fingerprint density at radius 2 is 0.420 bits per heavy atom. The van der Waals surface area contributed by atoms with E-state index in [0.29, 0.717) is 0 Å². The Kier molecular flexibility index (Phi) is 23.9. The second kappa shape index (κ2) is 29.2. The average molecular weight is 1300 g/mol. The molecule has 35 heteroatoms. The van der Waals surface area contributed by atoms with Crippen molar-refractivity contribution in [2.45, 2.75) is 244 Å². The van der Waals surface area contributed by atoms with Crippen molar-refractivity contribution in [2.75, 3.05) is 39.6 Å².